The fourth-order valence-corrected chi connectivity index (χ4v) is 4.80. The Morgan fingerprint density at radius 3 is 2.63 bits per heavy atom. The van der Waals surface area contributed by atoms with Crippen molar-refractivity contribution < 1.29 is 22.8 Å². The third-order valence-corrected chi connectivity index (χ3v) is 6.50. The zero-order valence-corrected chi connectivity index (χ0v) is 17.1. The standard InChI is InChI=1S/C20H28F3N5O2/c1-10-13(7-16(29)27-11(2)14-4-3-12(8-24)9-26-14)19(30)28-15-5-6-25-18(17(10)15)20(21,22)23/h11-12,14-15,17-18,25-26H,3-7,9H2,1-2H3,(H,27,29)(H,28,30). The Morgan fingerprint density at radius 1 is 1.30 bits per heavy atom. The summed E-state index contributed by atoms with van der Waals surface area (Å²) in [6.45, 7) is 4.10. The van der Waals surface area contributed by atoms with Crippen LogP contribution in [0.2, 0.25) is 0 Å². The highest BCUT2D eigenvalue weighted by atomic mass is 19.4. The van der Waals surface area contributed by atoms with Gasteiger partial charge < -0.3 is 21.3 Å². The number of rotatable bonds is 4. The van der Waals surface area contributed by atoms with Crippen LogP contribution in [-0.2, 0) is 9.59 Å². The van der Waals surface area contributed by atoms with Crippen LogP contribution in [0.4, 0.5) is 13.2 Å². The number of piperidine rings is 2. The molecule has 4 N–H and O–H groups in total. The number of amides is 2. The first-order valence-corrected chi connectivity index (χ1v) is 10.3. The molecule has 0 aromatic heterocycles. The molecule has 30 heavy (non-hydrogen) atoms. The number of nitriles is 1. The molecular formula is C20H28F3N5O2. The van der Waals surface area contributed by atoms with Crippen LogP contribution in [0, 0.1) is 23.2 Å². The van der Waals surface area contributed by atoms with Gasteiger partial charge >= 0.3 is 6.18 Å². The van der Waals surface area contributed by atoms with E-state index in [9.17, 15) is 22.8 Å². The van der Waals surface area contributed by atoms with Crippen molar-refractivity contribution in [2.45, 2.75) is 69.9 Å². The average molecular weight is 427 g/mol. The van der Waals surface area contributed by atoms with E-state index < -0.39 is 36.0 Å². The Kier molecular flexibility index (Phi) is 6.72. The fraction of sp³-hybridized carbons (Fsp3) is 0.750. The third kappa shape index (κ3) is 4.78. The molecule has 2 amide bonds. The molecule has 0 bridgehead atoms. The highest BCUT2D eigenvalue weighted by molar-refractivity contribution is 6.00. The highest BCUT2D eigenvalue weighted by Crippen LogP contribution is 2.38. The first kappa shape index (κ1) is 22.6. The molecule has 0 radical (unpaired) electrons. The summed E-state index contributed by atoms with van der Waals surface area (Å²) in [4.78, 5) is 25.1. The normalized spacial score (nSPS) is 33.2. The Bertz CT molecular complexity index is 753. The summed E-state index contributed by atoms with van der Waals surface area (Å²) in [6.07, 6.45) is -2.81. The van der Waals surface area contributed by atoms with Gasteiger partial charge in [0.25, 0.3) is 0 Å². The maximum absolute atomic E-state index is 13.5. The van der Waals surface area contributed by atoms with E-state index in [0.717, 1.165) is 12.8 Å². The van der Waals surface area contributed by atoms with Gasteiger partial charge in [-0.05, 0) is 39.7 Å². The van der Waals surface area contributed by atoms with Crippen molar-refractivity contribution in [2.24, 2.45) is 11.8 Å². The molecule has 0 saturated carbocycles. The molecule has 10 heteroatoms. The van der Waals surface area contributed by atoms with E-state index in [-0.39, 0.29) is 36.5 Å². The summed E-state index contributed by atoms with van der Waals surface area (Å²) < 4.78 is 40.5. The van der Waals surface area contributed by atoms with Crippen molar-refractivity contribution in [1.29, 1.82) is 5.26 Å². The molecule has 0 aliphatic carbocycles. The lowest BCUT2D eigenvalue weighted by Crippen LogP contribution is -2.62. The van der Waals surface area contributed by atoms with Gasteiger partial charge in [-0.2, -0.15) is 18.4 Å². The molecule has 6 atom stereocenters. The molecule has 6 unspecified atom stereocenters. The van der Waals surface area contributed by atoms with Crippen LogP contribution in [0.5, 0.6) is 0 Å². The second kappa shape index (κ2) is 8.94. The summed E-state index contributed by atoms with van der Waals surface area (Å²) in [7, 11) is 0. The summed E-state index contributed by atoms with van der Waals surface area (Å²) in [5.74, 6) is -1.82. The quantitative estimate of drug-likeness (QED) is 0.538. The zero-order chi connectivity index (χ0) is 22.1. The van der Waals surface area contributed by atoms with E-state index in [2.05, 4.69) is 27.3 Å². The molecule has 2 saturated heterocycles. The minimum atomic E-state index is -4.44. The Morgan fingerprint density at radius 2 is 2.03 bits per heavy atom. The molecular weight excluding hydrogens is 399 g/mol. The van der Waals surface area contributed by atoms with Crippen molar-refractivity contribution in [2.75, 3.05) is 13.1 Å². The number of carbonyl (C=O) groups excluding carboxylic acids is 2. The van der Waals surface area contributed by atoms with Crippen LogP contribution in [0.3, 0.4) is 0 Å². The Balaban J connectivity index is 1.67. The number of hydrogen-bond acceptors (Lipinski definition) is 5. The lowest BCUT2D eigenvalue weighted by molar-refractivity contribution is -0.172. The maximum Gasteiger partial charge on any atom is 0.404 e. The lowest BCUT2D eigenvalue weighted by Gasteiger charge is -2.44. The highest BCUT2D eigenvalue weighted by Gasteiger charge is 2.52. The van der Waals surface area contributed by atoms with Crippen molar-refractivity contribution >= 4 is 11.8 Å². The Labute approximate surface area is 173 Å². The van der Waals surface area contributed by atoms with Gasteiger partial charge in [-0.25, -0.2) is 0 Å². The second-order valence-corrected chi connectivity index (χ2v) is 8.48. The van der Waals surface area contributed by atoms with Crippen molar-refractivity contribution in [3.05, 3.63) is 11.1 Å². The first-order valence-electron chi connectivity index (χ1n) is 10.3. The van der Waals surface area contributed by atoms with E-state index >= 15 is 0 Å². The van der Waals surface area contributed by atoms with Gasteiger partial charge in [-0.3, -0.25) is 9.59 Å². The molecule has 3 heterocycles. The lowest BCUT2D eigenvalue weighted by atomic mass is 9.75. The topological polar surface area (TPSA) is 106 Å². The minimum Gasteiger partial charge on any atom is -0.352 e. The van der Waals surface area contributed by atoms with E-state index in [1.54, 1.807) is 0 Å². The minimum absolute atomic E-state index is 0.00958. The molecule has 3 aliphatic rings. The van der Waals surface area contributed by atoms with Gasteiger partial charge in [0.05, 0.1) is 18.4 Å². The summed E-state index contributed by atoms with van der Waals surface area (Å²) in [6, 6.07) is -0.326. The Hall–Kier alpha value is -2.12. The van der Waals surface area contributed by atoms with Crippen LogP contribution in [0.1, 0.15) is 39.5 Å². The number of halogens is 3. The number of alkyl halides is 3. The number of fused-ring (bicyclic) bond motifs is 1. The largest absolute Gasteiger partial charge is 0.404 e. The van der Waals surface area contributed by atoms with Gasteiger partial charge in [-0.1, -0.05) is 5.57 Å². The van der Waals surface area contributed by atoms with E-state index in [4.69, 9.17) is 5.26 Å². The predicted molar refractivity (Wildman–Crippen MR) is 103 cm³/mol. The monoisotopic (exact) mass is 427 g/mol. The number of carbonyl (C=O) groups is 2. The molecule has 0 aromatic rings. The number of nitrogens with one attached hydrogen (secondary N) is 4. The van der Waals surface area contributed by atoms with E-state index in [0.29, 0.717) is 18.5 Å². The smallest absolute Gasteiger partial charge is 0.352 e. The number of nitrogens with zero attached hydrogens (tertiary/aromatic N) is 1. The van der Waals surface area contributed by atoms with Gasteiger partial charge in [-0.15, -0.1) is 0 Å². The average Bonchev–Trinajstić information content (AvgIpc) is 2.70. The van der Waals surface area contributed by atoms with Gasteiger partial charge in [0.15, 0.2) is 0 Å². The van der Waals surface area contributed by atoms with Crippen LogP contribution >= 0.6 is 0 Å². The second-order valence-electron chi connectivity index (χ2n) is 8.48. The predicted octanol–water partition coefficient (Wildman–Crippen LogP) is 1.13. The molecule has 3 aliphatic heterocycles. The van der Waals surface area contributed by atoms with Crippen LogP contribution < -0.4 is 21.3 Å². The third-order valence-electron chi connectivity index (χ3n) is 6.50. The molecule has 2 fully saturated rings. The number of hydrogen-bond donors (Lipinski definition) is 4. The molecule has 3 rings (SSSR count). The molecule has 0 spiro atoms. The van der Waals surface area contributed by atoms with E-state index in [1.165, 1.54) is 6.92 Å². The maximum atomic E-state index is 13.5. The van der Waals surface area contributed by atoms with Crippen molar-refractivity contribution in [3.63, 3.8) is 0 Å². The first-order chi connectivity index (χ1) is 14.1. The van der Waals surface area contributed by atoms with E-state index in [1.807, 2.05) is 6.92 Å². The molecule has 166 valence electrons. The van der Waals surface area contributed by atoms with Crippen molar-refractivity contribution in [3.8, 4) is 6.07 Å². The fourth-order valence-electron chi connectivity index (χ4n) is 4.80. The summed E-state index contributed by atoms with van der Waals surface area (Å²) in [5, 5.41) is 20.3. The van der Waals surface area contributed by atoms with Gasteiger partial charge in [0.2, 0.25) is 11.8 Å². The van der Waals surface area contributed by atoms with Gasteiger partial charge in [0, 0.05) is 36.2 Å². The van der Waals surface area contributed by atoms with Crippen LogP contribution in [0.25, 0.3) is 0 Å². The summed E-state index contributed by atoms with van der Waals surface area (Å²) >= 11 is 0. The van der Waals surface area contributed by atoms with Crippen molar-refractivity contribution in [1.82, 2.24) is 21.3 Å². The molecule has 0 aromatic carbocycles. The SMILES string of the molecule is CC1=C(CC(=O)NC(C)C2CCC(C#N)CN2)C(=O)NC2CCNC(C(F)(F)F)C12. The summed E-state index contributed by atoms with van der Waals surface area (Å²) in [5.41, 5.74) is 0.439. The van der Waals surface area contributed by atoms with Gasteiger partial charge in [0.1, 0.15) is 6.04 Å². The molecule has 7 nitrogen and oxygen atoms in total. The van der Waals surface area contributed by atoms with Crippen LogP contribution in [0.15, 0.2) is 11.1 Å². The zero-order valence-electron chi connectivity index (χ0n) is 17.1. The van der Waals surface area contributed by atoms with Crippen LogP contribution in [-0.4, -0.2) is 55.2 Å².